The minimum atomic E-state index is -0.248. The molecule has 0 aliphatic heterocycles. The highest BCUT2D eigenvalue weighted by molar-refractivity contribution is 7.15. The van der Waals surface area contributed by atoms with Crippen LogP contribution in [-0.2, 0) is 23.8 Å². The summed E-state index contributed by atoms with van der Waals surface area (Å²) in [5.41, 5.74) is 1.56. The predicted molar refractivity (Wildman–Crippen MR) is 116 cm³/mol. The first kappa shape index (κ1) is 18.3. The molecular weight excluding hydrogens is 398 g/mol. The summed E-state index contributed by atoms with van der Waals surface area (Å²) in [7, 11) is 1.72. The average molecular weight is 424 g/mol. The highest BCUT2D eigenvalue weighted by Gasteiger charge is 2.53. The van der Waals surface area contributed by atoms with Crippen molar-refractivity contribution < 1.29 is 4.79 Å². The lowest BCUT2D eigenvalue weighted by Crippen LogP contribution is -2.48. The summed E-state index contributed by atoms with van der Waals surface area (Å²) >= 11 is 1.53. The average Bonchev–Trinajstić information content (AvgIpc) is 3.27. The van der Waals surface area contributed by atoms with Crippen LogP contribution in [0.4, 0.5) is 5.13 Å². The first-order valence-electron chi connectivity index (χ1n) is 10.8. The van der Waals surface area contributed by atoms with E-state index in [1.165, 1.54) is 54.4 Å². The molecule has 0 atom stereocenters. The minimum Gasteiger partial charge on any atom is -0.299 e. The van der Waals surface area contributed by atoms with Gasteiger partial charge in [0.15, 0.2) is 0 Å². The van der Waals surface area contributed by atoms with Gasteiger partial charge in [-0.1, -0.05) is 23.5 Å². The topological polar surface area (TPSA) is 81.8 Å². The van der Waals surface area contributed by atoms with Gasteiger partial charge in [-0.3, -0.25) is 19.2 Å². The number of imidazole rings is 1. The Morgan fingerprint density at radius 1 is 1.10 bits per heavy atom. The molecule has 4 aliphatic rings. The Kier molecular flexibility index (Phi) is 3.97. The second-order valence-electron chi connectivity index (χ2n) is 9.57. The fourth-order valence-corrected chi connectivity index (χ4v) is 7.66. The van der Waals surface area contributed by atoms with Gasteiger partial charge in [0, 0.05) is 12.5 Å². The van der Waals surface area contributed by atoms with Crippen molar-refractivity contribution in [2.75, 3.05) is 5.32 Å². The molecule has 4 aliphatic carbocycles. The quantitative estimate of drug-likeness (QED) is 0.698. The van der Waals surface area contributed by atoms with E-state index in [9.17, 15) is 9.59 Å². The summed E-state index contributed by atoms with van der Waals surface area (Å²) in [6.07, 6.45) is 7.86. The van der Waals surface area contributed by atoms with E-state index in [4.69, 9.17) is 0 Å². The largest absolute Gasteiger partial charge is 0.329 e. The molecule has 8 heteroatoms. The molecule has 1 amide bonds. The number of rotatable bonds is 4. The smallest absolute Gasteiger partial charge is 0.299 e. The number of carbonyl (C=O) groups is 1. The molecular formula is C22H25N5O2S. The standard InChI is InChI=1S/C22H25N5O2S/c1-26-16-4-2-3-5-17(16)27(21(26)29)12-18(28)23-20-25-24-19(30-20)22-9-13-6-14(10-22)8-15(7-13)11-22/h2-5,13-15H,6-12H2,1H3,(H,23,25,28). The number of aromatic nitrogens is 4. The van der Waals surface area contributed by atoms with E-state index < -0.39 is 0 Å². The SMILES string of the molecule is Cn1c(=O)n(CC(=O)Nc2nnc(C34CC5CC(CC(C5)C3)C4)s2)c2ccccc21. The second kappa shape index (κ2) is 6.51. The highest BCUT2D eigenvalue weighted by atomic mass is 32.1. The Bertz CT molecular complexity index is 1170. The molecule has 1 N–H and O–H groups in total. The summed E-state index contributed by atoms with van der Waals surface area (Å²) in [5, 5.41) is 13.3. The van der Waals surface area contributed by atoms with Crippen molar-refractivity contribution in [2.24, 2.45) is 24.8 Å². The number of carbonyl (C=O) groups excluding carboxylic acids is 1. The normalized spacial score (nSPS) is 29.6. The van der Waals surface area contributed by atoms with Crippen LogP contribution in [0.3, 0.4) is 0 Å². The third kappa shape index (κ3) is 2.76. The summed E-state index contributed by atoms with van der Waals surface area (Å²) in [5.74, 6) is 2.28. The van der Waals surface area contributed by atoms with Gasteiger partial charge in [-0.05, 0) is 68.4 Å². The number of nitrogens with zero attached hydrogens (tertiary/aromatic N) is 4. The van der Waals surface area contributed by atoms with Crippen molar-refractivity contribution in [1.82, 2.24) is 19.3 Å². The van der Waals surface area contributed by atoms with Gasteiger partial charge in [-0.2, -0.15) is 0 Å². The van der Waals surface area contributed by atoms with E-state index >= 15 is 0 Å². The van der Waals surface area contributed by atoms with Gasteiger partial charge in [0.05, 0.1) is 11.0 Å². The minimum absolute atomic E-state index is 0.0353. The van der Waals surface area contributed by atoms with Gasteiger partial charge in [-0.15, -0.1) is 10.2 Å². The van der Waals surface area contributed by atoms with E-state index in [2.05, 4.69) is 15.5 Å². The molecule has 4 fully saturated rings. The number of hydrogen-bond donors (Lipinski definition) is 1. The van der Waals surface area contributed by atoms with Crippen LogP contribution in [0.2, 0.25) is 0 Å². The summed E-state index contributed by atoms with van der Waals surface area (Å²) in [6, 6.07) is 7.51. The second-order valence-corrected chi connectivity index (χ2v) is 10.6. The molecule has 7 rings (SSSR count). The van der Waals surface area contributed by atoms with Gasteiger partial charge in [0.1, 0.15) is 11.6 Å². The number of para-hydroxylation sites is 2. The Balaban J connectivity index is 1.22. The molecule has 4 bridgehead atoms. The molecule has 0 unspecified atom stereocenters. The highest BCUT2D eigenvalue weighted by Crippen LogP contribution is 2.61. The molecule has 1 aromatic carbocycles. The van der Waals surface area contributed by atoms with Gasteiger partial charge in [0.25, 0.3) is 0 Å². The van der Waals surface area contributed by atoms with E-state index in [0.717, 1.165) is 33.8 Å². The molecule has 7 nitrogen and oxygen atoms in total. The Hall–Kier alpha value is -2.48. The molecule has 4 saturated carbocycles. The van der Waals surface area contributed by atoms with Crippen molar-refractivity contribution in [3.63, 3.8) is 0 Å². The van der Waals surface area contributed by atoms with Crippen LogP contribution in [0.5, 0.6) is 0 Å². The number of aryl methyl sites for hydroxylation is 1. The fraction of sp³-hybridized carbons (Fsp3) is 0.545. The number of amides is 1. The van der Waals surface area contributed by atoms with Crippen LogP contribution >= 0.6 is 11.3 Å². The monoisotopic (exact) mass is 423 g/mol. The van der Waals surface area contributed by atoms with Crippen molar-refractivity contribution >= 4 is 33.4 Å². The van der Waals surface area contributed by atoms with E-state index in [0.29, 0.717) is 5.13 Å². The van der Waals surface area contributed by atoms with Gasteiger partial charge >= 0.3 is 5.69 Å². The summed E-state index contributed by atoms with van der Waals surface area (Å²) < 4.78 is 3.07. The number of hydrogen-bond acceptors (Lipinski definition) is 5. The first-order chi connectivity index (χ1) is 14.5. The zero-order chi connectivity index (χ0) is 20.5. The summed E-state index contributed by atoms with van der Waals surface area (Å²) in [6.45, 7) is -0.0353. The Morgan fingerprint density at radius 2 is 1.73 bits per heavy atom. The third-order valence-corrected chi connectivity index (χ3v) is 8.60. The molecule has 156 valence electrons. The van der Waals surface area contributed by atoms with Crippen molar-refractivity contribution in [3.05, 3.63) is 39.8 Å². The van der Waals surface area contributed by atoms with Crippen LogP contribution in [0, 0.1) is 17.8 Å². The number of fused-ring (bicyclic) bond motifs is 1. The maximum absolute atomic E-state index is 12.7. The molecule has 3 aromatic rings. The molecule has 0 spiro atoms. The van der Waals surface area contributed by atoms with Crippen LogP contribution in [0.15, 0.2) is 29.1 Å². The summed E-state index contributed by atoms with van der Waals surface area (Å²) in [4.78, 5) is 25.3. The predicted octanol–water partition coefficient (Wildman–Crippen LogP) is 3.30. The molecule has 0 saturated heterocycles. The van der Waals surface area contributed by atoms with Crippen molar-refractivity contribution in [2.45, 2.75) is 50.5 Å². The van der Waals surface area contributed by atoms with Crippen LogP contribution < -0.4 is 11.0 Å². The van der Waals surface area contributed by atoms with E-state index in [-0.39, 0.29) is 23.6 Å². The Labute approximate surface area is 178 Å². The van der Waals surface area contributed by atoms with E-state index in [1.807, 2.05) is 24.3 Å². The maximum atomic E-state index is 12.7. The molecule has 2 aromatic heterocycles. The molecule has 30 heavy (non-hydrogen) atoms. The first-order valence-corrected chi connectivity index (χ1v) is 11.6. The van der Waals surface area contributed by atoms with Crippen LogP contribution in [0.25, 0.3) is 11.0 Å². The molecule has 0 radical (unpaired) electrons. The zero-order valence-corrected chi connectivity index (χ0v) is 17.8. The maximum Gasteiger partial charge on any atom is 0.329 e. The van der Waals surface area contributed by atoms with Crippen LogP contribution in [0.1, 0.15) is 43.5 Å². The lowest BCUT2D eigenvalue weighted by atomic mass is 9.50. The van der Waals surface area contributed by atoms with E-state index in [1.54, 1.807) is 11.6 Å². The molecule has 2 heterocycles. The fourth-order valence-electron chi connectivity index (χ4n) is 6.68. The lowest BCUT2D eigenvalue weighted by molar-refractivity contribution is -0.116. The Morgan fingerprint density at radius 3 is 2.40 bits per heavy atom. The number of benzene rings is 1. The van der Waals surface area contributed by atoms with Gasteiger partial charge in [0.2, 0.25) is 11.0 Å². The van der Waals surface area contributed by atoms with Crippen LogP contribution in [-0.4, -0.2) is 25.2 Å². The number of nitrogens with one attached hydrogen (secondary N) is 1. The van der Waals surface area contributed by atoms with Gasteiger partial charge in [-0.25, -0.2) is 4.79 Å². The van der Waals surface area contributed by atoms with Gasteiger partial charge < -0.3 is 0 Å². The lowest BCUT2D eigenvalue weighted by Gasteiger charge is -2.55. The number of anilines is 1. The third-order valence-electron chi connectivity index (χ3n) is 7.52. The van der Waals surface area contributed by atoms with Crippen molar-refractivity contribution in [3.8, 4) is 0 Å². The van der Waals surface area contributed by atoms with Crippen molar-refractivity contribution in [1.29, 1.82) is 0 Å². The zero-order valence-electron chi connectivity index (χ0n) is 17.0.